The average molecular weight is 709 g/mol. The van der Waals surface area contributed by atoms with Gasteiger partial charge in [0.05, 0.1) is 27.3 Å². The number of aliphatic hydroxyl groups excluding tert-OH is 1. The van der Waals surface area contributed by atoms with Gasteiger partial charge in [-0.15, -0.1) is 0 Å². The number of nitrogens with one attached hydrogen (secondary N) is 3. The number of hydrogen-bond acceptors (Lipinski definition) is 8. The van der Waals surface area contributed by atoms with Gasteiger partial charge >= 0.3 is 0 Å². The van der Waals surface area contributed by atoms with E-state index in [0.717, 1.165) is 16.7 Å². The molecule has 0 aliphatic heterocycles. The second-order valence-corrected chi connectivity index (χ2v) is 16.8. The maximum Gasteiger partial charge on any atom is 0.243 e. The van der Waals surface area contributed by atoms with Gasteiger partial charge in [0.15, 0.2) is 0 Å². The molecule has 0 saturated heterocycles. The molecule has 0 aliphatic carbocycles. The highest BCUT2D eigenvalue weighted by atomic mass is 32.2. The van der Waals surface area contributed by atoms with E-state index in [4.69, 9.17) is 0 Å². The summed E-state index contributed by atoms with van der Waals surface area (Å²) >= 11 is 0. The van der Waals surface area contributed by atoms with Crippen molar-refractivity contribution in [2.24, 2.45) is 0 Å². The third-order valence-electron chi connectivity index (χ3n) is 7.33. The molecule has 0 radical (unpaired) electrons. The number of hydrogen-bond donors (Lipinski definition) is 4. The number of carbonyl (C=O) groups is 1. The molecule has 0 unspecified atom stereocenters. The van der Waals surface area contributed by atoms with Crippen molar-refractivity contribution >= 4 is 36.0 Å². The predicted octanol–water partition coefficient (Wildman–Crippen LogP) is 2.60. The summed E-state index contributed by atoms with van der Waals surface area (Å²) in [5.41, 5.74) is 2.73. The molecule has 15 heteroatoms. The quantitative estimate of drug-likeness (QED) is 0.137. The fraction of sp³-hybridized carbons (Fsp3) is 0.406. The topological polar surface area (TPSA) is 179 Å². The first kappa shape index (κ1) is 38.3. The van der Waals surface area contributed by atoms with Crippen LogP contribution < -0.4 is 14.8 Å². The van der Waals surface area contributed by atoms with Crippen LogP contribution in [0, 0.1) is 20.8 Å². The van der Waals surface area contributed by atoms with Crippen LogP contribution in [0.25, 0.3) is 0 Å². The van der Waals surface area contributed by atoms with E-state index in [0.29, 0.717) is 12.8 Å². The number of amides is 1. The van der Waals surface area contributed by atoms with E-state index in [1.807, 2.05) is 20.8 Å². The van der Waals surface area contributed by atoms with Crippen LogP contribution in [0.5, 0.6) is 0 Å². The first-order valence-electron chi connectivity index (χ1n) is 15.2. The van der Waals surface area contributed by atoms with Crippen molar-refractivity contribution in [1.29, 1.82) is 0 Å². The van der Waals surface area contributed by atoms with Crippen molar-refractivity contribution < 1.29 is 35.2 Å². The number of nitrogens with zero attached hydrogens (tertiary/aromatic N) is 1. The fourth-order valence-electron chi connectivity index (χ4n) is 4.56. The van der Waals surface area contributed by atoms with Gasteiger partial charge in [0.25, 0.3) is 0 Å². The SMILES string of the molecule is Cc1ccc(S(=O)(=O)NCCCCN(CCCNC(=O)C[C@@H](CO)NS(=O)(=O)c2ccc(C)cc2)S(=O)(=O)c2ccc(C)cc2)cc1. The number of rotatable bonds is 19. The van der Waals surface area contributed by atoms with Gasteiger partial charge in [-0.3, -0.25) is 4.79 Å². The molecule has 3 rings (SSSR count). The molecule has 3 aromatic rings. The Bertz CT molecular complexity index is 1780. The van der Waals surface area contributed by atoms with Crippen LogP contribution in [0.3, 0.4) is 0 Å². The standard InChI is InChI=1S/C32H44N4O8S3/c1-25-7-13-29(14-8-25)45(39,40)34-20-4-5-21-36(47(43,44)31-17-11-27(3)12-18-31)22-6-19-33-32(38)23-28(24-37)35-46(41,42)30-15-9-26(2)10-16-30/h7-18,28,34-35,37H,4-6,19-24H2,1-3H3,(H,33,38)/t28-/m0/s1. The van der Waals surface area contributed by atoms with Crippen LogP contribution in [0.4, 0.5) is 0 Å². The van der Waals surface area contributed by atoms with Gasteiger partial charge in [0.2, 0.25) is 36.0 Å². The van der Waals surface area contributed by atoms with E-state index in [2.05, 4.69) is 14.8 Å². The summed E-state index contributed by atoms with van der Waals surface area (Å²) < 4.78 is 83.7. The van der Waals surface area contributed by atoms with Crippen molar-refractivity contribution in [3.63, 3.8) is 0 Å². The second kappa shape index (κ2) is 17.3. The van der Waals surface area contributed by atoms with Crippen LogP contribution in [0.15, 0.2) is 87.5 Å². The Kier molecular flexibility index (Phi) is 14.1. The first-order valence-corrected chi connectivity index (χ1v) is 19.6. The number of aryl methyl sites for hydroxylation is 3. The van der Waals surface area contributed by atoms with Gasteiger partial charge < -0.3 is 10.4 Å². The Labute approximate surface area is 278 Å². The summed E-state index contributed by atoms with van der Waals surface area (Å²) in [5, 5.41) is 12.4. The molecule has 3 aromatic carbocycles. The van der Waals surface area contributed by atoms with Crippen molar-refractivity contribution in [3.05, 3.63) is 89.5 Å². The number of benzene rings is 3. The molecule has 4 N–H and O–H groups in total. The van der Waals surface area contributed by atoms with Crippen LogP contribution in [0.1, 0.15) is 42.4 Å². The van der Waals surface area contributed by atoms with Crippen molar-refractivity contribution in [2.75, 3.05) is 32.8 Å². The normalized spacial score (nSPS) is 13.0. The molecule has 258 valence electrons. The van der Waals surface area contributed by atoms with Crippen molar-refractivity contribution in [3.8, 4) is 0 Å². The Balaban J connectivity index is 1.54. The zero-order valence-electron chi connectivity index (χ0n) is 26.8. The largest absolute Gasteiger partial charge is 0.395 e. The summed E-state index contributed by atoms with van der Waals surface area (Å²) in [6.45, 7) is 5.39. The highest BCUT2D eigenvalue weighted by Gasteiger charge is 2.25. The molecule has 47 heavy (non-hydrogen) atoms. The van der Waals surface area contributed by atoms with Crippen LogP contribution in [-0.2, 0) is 34.9 Å². The molecule has 1 amide bonds. The van der Waals surface area contributed by atoms with Crippen LogP contribution in [-0.4, -0.2) is 79.4 Å². The molecular weight excluding hydrogens is 665 g/mol. The number of unbranched alkanes of at least 4 members (excludes halogenated alkanes) is 1. The lowest BCUT2D eigenvalue weighted by atomic mass is 10.2. The lowest BCUT2D eigenvalue weighted by Gasteiger charge is -2.23. The summed E-state index contributed by atoms with van der Waals surface area (Å²) in [5.74, 6) is -0.510. The maximum absolute atomic E-state index is 13.5. The van der Waals surface area contributed by atoms with E-state index in [9.17, 15) is 35.2 Å². The molecule has 0 aliphatic rings. The smallest absolute Gasteiger partial charge is 0.243 e. The Morgan fingerprint density at radius 3 is 1.64 bits per heavy atom. The molecule has 1 atom stereocenters. The third kappa shape index (κ3) is 11.8. The third-order valence-corrected chi connectivity index (χ3v) is 12.3. The van der Waals surface area contributed by atoms with E-state index in [1.54, 1.807) is 36.4 Å². The van der Waals surface area contributed by atoms with Crippen LogP contribution >= 0.6 is 0 Å². The highest BCUT2D eigenvalue weighted by molar-refractivity contribution is 7.90. The molecular formula is C32H44N4O8S3. The second-order valence-electron chi connectivity index (χ2n) is 11.4. The molecule has 0 spiro atoms. The van der Waals surface area contributed by atoms with E-state index in [-0.39, 0.29) is 53.7 Å². The van der Waals surface area contributed by atoms with E-state index >= 15 is 0 Å². The molecule has 0 saturated carbocycles. The maximum atomic E-state index is 13.5. The van der Waals surface area contributed by atoms with Gasteiger partial charge in [-0.2, -0.15) is 4.31 Å². The Morgan fingerprint density at radius 1 is 0.660 bits per heavy atom. The average Bonchev–Trinajstić information content (AvgIpc) is 3.02. The monoisotopic (exact) mass is 708 g/mol. The van der Waals surface area contributed by atoms with Crippen molar-refractivity contribution in [2.45, 2.75) is 67.2 Å². The van der Waals surface area contributed by atoms with E-state index < -0.39 is 48.6 Å². The zero-order valence-corrected chi connectivity index (χ0v) is 29.3. The minimum absolute atomic E-state index is 0.0144. The van der Waals surface area contributed by atoms with Gasteiger partial charge in [-0.05, 0) is 76.4 Å². The van der Waals surface area contributed by atoms with Gasteiger partial charge in [0.1, 0.15) is 0 Å². The fourth-order valence-corrected chi connectivity index (χ4v) is 8.38. The summed E-state index contributed by atoms with van der Waals surface area (Å²) in [4.78, 5) is 12.9. The molecule has 0 fully saturated rings. The predicted molar refractivity (Wildman–Crippen MR) is 180 cm³/mol. The lowest BCUT2D eigenvalue weighted by molar-refractivity contribution is -0.121. The first-order chi connectivity index (χ1) is 22.1. The Hall–Kier alpha value is -3.18. The minimum Gasteiger partial charge on any atom is -0.395 e. The molecule has 0 aromatic heterocycles. The highest BCUT2D eigenvalue weighted by Crippen LogP contribution is 2.18. The number of aliphatic hydroxyl groups is 1. The van der Waals surface area contributed by atoms with Crippen LogP contribution in [0.2, 0.25) is 0 Å². The summed E-state index contributed by atoms with van der Waals surface area (Å²) in [7, 11) is -11.5. The van der Waals surface area contributed by atoms with Gasteiger partial charge in [0, 0.05) is 32.6 Å². The lowest BCUT2D eigenvalue weighted by Crippen LogP contribution is -2.42. The van der Waals surface area contributed by atoms with E-state index in [1.165, 1.54) is 40.7 Å². The number of sulfonamides is 3. The van der Waals surface area contributed by atoms with Gasteiger partial charge in [-0.25, -0.2) is 34.7 Å². The minimum atomic E-state index is -3.95. The summed E-state index contributed by atoms with van der Waals surface area (Å²) in [6.07, 6.45) is 0.719. The Morgan fingerprint density at radius 2 is 1.13 bits per heavy atom. The molecule has 0 heterocycles. The zero-order chi connectivity index (χ0) is 34.7. The molecule has 0 bridgehead atoms. The summed E-state index contributed by atoms with van der Waals surface area (Å²) in [6, 6.07) is 18.1. The van der Waals surface area contributed by atoms with Gasteiger partial charge in [-0.1, -0.05) is 53.1 Å². The number of carbonyl (C=O) groups excluding carboxylic acids is 1. The van der Waals surface area contributed by atoms with Crippen molar-refractivity contribution in [1.82, 2.24) is 19.1 Å². The molecule has 12 nitrogen and oxygen atoms in total.